The van der Waals surface area contributed by atoms with E-state index in [0.29, 0.717) is 5.92 Å². The van der Waals surface area contributed by atoms with Crippen molar-refractivity contribution in [2.75, 3.05) is 6.54 Å². The van der Waals surface area contributed by atoms with Crippen molar-refractivity contribution in [3.8, 4) is 5.75 Å². The van der Waals surface area contributed by atoms with Gasteiger partial charge in [0.2, 0.25) is 0 Å². The Labute approximate surface area is 168 Å². The monoisotopic (exact) mass is 378 g/mol. The highest BCUT2D eigenvalue weighted by atomic mass is 16.5. The van der Waals surface area contributed by atoms with Crippen molar-refractivity contribution in [1.29, 1.82) is 0 Å². The topological polar surface area (TPSA) is 39.0 Å². The Morgan fingerprint density at radius 3 is 2.29 bits per heavy atom. The lowest BCUT2D eigenvalue weighted by molar-refractivity contribution is -0.671. The Hall–Kier alpha value is -2.52. The first-order valence-electron chi connectivity index (χ1n) is 10.1. The van der Waals surface area contributed by atoms with Crippen LogP contribution in [0, 0.1) is 6.92 Å². The van der Waals surface area contributed by atoms with E-state index in [4.69, 9.17) is 9.15 Å². The molecule has 28 heavy (non-hydrogen) atoms. The molecule has 3 rings (SSSR count). The van der Waals surface area contributed by atoms with E-state index in [2.05, 4.69) is 87.6 Å². The zero-order valence-corrected chi connectivity index (χ0v) is 17.4. The van der Waals surface area contributed by atoms with E-state index >= 15 is 0 Å². The number of hydrogen-bond acceptors (Lipinski definition) is 2. The van der Waals surface area contributed by atoms with E-state index in [1.807, 2.05) is 6.07 Å². The molecule has 0 aliphatic heterocycles. The lowest BCUT2D eigenvalue weighted by Crippen LogP contribution is -2.82. The van der Waals surface area contributed by atoms with Crippen LogP contribution in [0.15, 0.2) is 71.3 Å². The van der Waals surface area contributed by atoms with Crippen LogP contribution in [0.4, 0.5) is 0 Å². The number of rotatable bonds is 8. The molecule has 0 amide bonds. The van der Waals surface area contributed by atoms with Crippen molar-refractivity contribution in [2.24, 2.45) is 0 Å². The Kier molecular flexibility index (Phi) is 6.58. The van der Waals surface area contributed by atoms with Crippen molar-refractivity contribution in [2.45, 2.75) is 52.2 Å². The molecule has 0 spiro atoms. The average Bonchev–Trinajstić information content (AvgIpc) is 3.17. The first kappa shape index (κ1) is 20.2. The van der Waals surface area contributed by atoms with Crippen LogP contribution in [0.3, 0.4) is 0 Å². The molecule has 3 heteroatoms. The van der Waals surface area contributed by atoms with Crippen LogP contribution in [-0.2, 0) is 6.54 Å². The molecular weight excluding hydrogens is 346 g/mol. The molecule has 1 heterocycles. The lowest BCUT2D eigenvalue weighted by Gasteiger charge is -2.21. The summed E-state index contributed by atoms with van der Waals surface area (Å²) in [5.74, 6) is 2.27. The van der Waals surface area contributed by atoms with Gasteiger partial charge < -0.3 is 14.5 Å². The number of quaternary nitrogens is 1. The number of aryl methyl sites for hydroxylation is 1. The third-order valence-electron chi connectivity index (χ3n) is 4.75. The van der Waals surface area contributed by atoms with Crippen molar-refractivity contribution in [3.63, 3.8) is 0 Å². The standard InChI is InChI=1S/C25H31NO2/c1-19-7-11-21(12-8-19)23(24-6-5-17-27-24)15-16-26-18-20-9-13-22(14-10-20)28-25(2,3)4/h5-14,17,23,26H,15-16,18H2,1-4H3/p+1/t23-/m0/s1. The van der Waals surface area contributed by atoms with Crippen molar-refractivity contribution >= 4 is 0 Å². The van der Waals surface area contributed by atoms with Gasteiger partial charge in [0.25, 0.3) is 0 Å². The molecule has 0 fully saturated rings. The van der Waals surface area contributed by atoms with Crippen LogP contribution in [0.25, 0.3) is 0 Å². The summed E-state index contributed by atoms with van der Waals surface area (Å²) >= 11 is 0. The van der Waals surface area contributed by atoms with Gasteiger partial charge in [-0.05, 0) is 69.7 Å². The predicted octanol–water partition coefficient (Wildman–Crippen LogP) is 5.05. The molecule has 0 unspecified atom stereocenters. The summed E-state index contributed by atoms with van der Waals surface area (Å²) < 4.78 is 11.6. The predicted molar refractivity (Wildman–Crippen MR) is 114 cm³/mol. The maximum Gasteiger partial charge on any atom is 0.120 e. The third kappa shape index (κ3) is 6.00. The Balaban J connectivity index is 1.54. The molecule has 0 bridgehead atoms. The fourth-order valence-corrected chi connectivity index (χ4v) is 3.36. The van der Waals surface area contributed by atoms with E-state index in [9.17, 15) is 0 Å². The smallest absolute Gasteiger partial charge is 0.120 e. The van der Waals surface area contributed by atoms with Gasteiger partial charge in [-0.1, -0.05) is 29.8 Å². The first-order chi connectivity index (χ1) is 13.4. The zero-order valence-electron chi connectivity index (χ0n) is 17.4. The molecule has 0 saturated heterocycles. The average molecular weight is 379 g/mol. The van der Waals surface area contributed by atoms with Crippen LogP contribution in [-0.4, -0.2) is 12.1 Å². The van der Waals surface area contributed by atoms with Crippen LogP contribution >= 0.6 is 0 Å². The van der Waals surface area contributed by atoms with E-state index in [1.54, 1.807) is 6.26 Å². The minimum absolute atomic E-state index is 0.162. The minimum Gasteiger partial charge on any atom is -0.488 e. The summed E-state index contributed by atoms with van der Waals surface area (Å²) in [6.45, 7) is 10.3. The van der Waals surface area contributed by atoms with Crippen LogP contribution in [0.2, 0.25) is 0 Å². The molecule has 0 radical (unpaired) electrons. The lowest BCUT2D eigenvalue weighted by atomic mass is 9.92. The van der Waals surface area contributed by atoms with Gasteiger partial charge in [0.05, 0.1) is 12.8 Å². The fraction of sp³-hybridized carbons (Fsp3) is 0.360. The van der Waals surface area contributed by atoms with Gasteiger partial charge in [0.1, 0.15) is 23.7 Å². The molecule has 0 aliphatic rings. The van der Waals surface area contributed by atoms with E-state index in [0.717, 1.165) is 31.0 Å². The summed E-state index contributed by atoms with van der Waals surface area (Å²) in [5, 5.41) is 2.36. The largest absolute Gasteiger partial charge is 0.488 e. The van der Waals surface area contributed by atoms with Gasteiger partial charge in [-0.2, -0.15) is 0 Å². The van der Waals surface area contributed by atoms with Crippen LogP contribution in [0.1, 0.15) is 55.6 Å². The summed E-state index contributed by atoms with van der Waals surface area (Å²) in [7, 11) is 0. The molecule has 1 aromatic heterocycles. The van der Waals surface area contributed by atoms with E-state index in [-0.39, 0.29) is 5.60 Å². The molecule has 2 aromatic carbocycles. The highest BCUT2D eigenvalue weighted by molar-refractivity contribution is 5.30. The summed E-state index contributed by atoms with van der Waals surface area (Å²) in [6.07, 6.45) is 2.81. The Bertz CT molecular complexity index is 828. The van der Waals surface area contributed by atoms with Gasteiger partial charge >= 0.3 is 0 Å². The van der Waals surface area contributed by atoms with Gasteiger partial charge in [-0.15, -0.1) is 0 Å². The molecular formula is C25H32NO2+. The number of hydrogen-bond donors (Lipinski definition) is 1. The summed E-state index contributed by atoms with van der Waals surface area (Å²) in [6, 6.07) is 21.3. The number of benzene rings is 2. The van der Waals surface area contributed by atoms with Crippen molar-refractivity contribution in [1.82, 2.24) is 0 Å². The Morgan fingerprint density at radius 1 is 0.964 bits per heavy atom. The Morgan fingerprint density at radius 2 is 1.68 bits per heavy atom. The number of furan rings is 1. The minimum atomic E-state index is -0.162. The van der Waals surface area contributed by atoms with E-state index in [1.165, 1.54) is 16.7 Å². The van der Waals surface area contributed by atoms with Crippen LogP contribution < -0.4 is 10.1 Å². The molecule has 3 aromatic rings. The SMILES string of the molecule is Cc1ccc([C@H](CC[NH2+]Cc2ccc(OC(C)(C)C)cc2)c2ccco2)cc1. The van der Waals surface area contributed by atoms with Gasteiger partial charge in [-0.3, -0.25) is 0 Å². The van der Waals surface area contributed by atoms with Gasteiger partial charge in [0.15, 0.2) is 0 Å². The van der Waals surface area contributed by atoms with Crippen LogP contribution in [0.5, 0.6) is 5.75 Å². The normalized spacial score (nSPS) is 12.7. The molecule has 3 nitrogen and oxygen atoms in total. The van der Waals surface area contributed by atoms with E-state index < -0.39 is 0 Å². The first-order valence-corrected chi connectivity index (χ1v) is 10.1. The van der Waals surface area contributed by atoms with Crippen molar-refractivity contribution < 1.29 is 14.5 Å². The highest BCUT2D eigenvalue weighted by Crippen LogP contribution is 2.28. The maximum atomic E-state index is 5.89. The second-order valence-corrected chi connectivity index (χ2v) is 8.41. The second-order valence-electron chi connectivity index (χ2n) is 8.41. The third-order valence-corrected chi connectivity index (χ3v) is 4.75. The molecule has 0 saturated carbocycles. The molecule has 148 valence electrons. The second kappa shape index (κ2) is 9.11. The molecule has 1 atom stereocenters. The maximum absolute atomic E-state index is 5.89. The summed E-state index contributed by atoms with van der Waals surface area (Å²) in [4.78, 5) is 0. The fourth-order valence-electron chi connectivity index (χ4n) is 3.36. The molecule has 2 N–H and O–H groups in total. The van der Waals surface area contributed by atoms with Gasteiger partial charge in [-0.25, -0.2) is 0 Å². The molecule has 0 aliphatic carbocycles. The zero-order chi connectivity index (χ0) is 20.0. The highest BCUT2D eigenvalue weighted by Gasteiger charge is 2.17. The quantitative estimate of drug-likeness (QED) is 0.557. The number of nitrogens with two attached hydrogens (primary N) is 1. The number of ether oxygens (including phenoxy) is 1. The summed E-state index contributed by atoms with van der Waals surface area (Å²) in [5.41, 5.74) is 3.75. The van der Waals surface area contributed by atoms with Gasteiger partial charge in [0, 0.05) is 17.9 Å². The van der Waals surface area contributed by atoms with Crippen molar-refractivity contribution in [3.05, 3.63) is 89.4 Å².